The van der Waals surface area contributed by atoms with Crippen molar-refractivity contribution in [3.8, 4) is 0 Å². The Hall–Kier alpha value is -1.56. The van der Waals surface area contributed by atoms with Crippen molar-refractivity contribution in [2.45, 2.75) is 45.8 Å². The summed E-state index contributed by atoms with van der Waals surface area (Å²) in [6.07, 6.45) is -0.229. The minimum absolute atomic E-state index is 0.0859. The number of aliphatic hydroxyl groups excluding tert-OH is 1. The summed E-state index contributed by atoms with van der Waals surface area (Å²) in [6.45, 7) is 10.4. The first kappa shape index (κ1) is 15.3. The quantitative estimate of drug-likeness (QED) is 0.787. The highest BCUT2D eigenvalue weighted by Crippen LogP contribution is 2.43. The van der Waals surface area contributed by atoms with Crippen LogP contribution in [0.2, 0.25) is 0 Å². The fraction of sp³-hybridized carbons (Fsp3) is 0.750. The van der Waals surface area contributed by atoms with Gasteiger partial charge < -0.3 is 19.6 Å². The number of carbonyl (C=O) groups is 2. The van der Waals surface area contributed by atoms with Gasteiger partial charge in [0.25, 0.3) is 0 Å². The molecular weight excluding hydrogens is 284 g/mol. The van der Waals surface area contributed by atoms with Gasteiger partial charge in [-0.2, -0.15) is 0 Å². The molecule has 2 fully saturated rings. The number of ketones is 1. The highest BCUT2D eigenvalue weighted by molar-refractivity contribution is 6.07. The fourth-order valence-electron chi connectivity index (χ4n) is 3.61. The molecule has 0 bridgehead atoms. The minimum Gasteiger partial charge on any atom is -0.444 e. The molecule has 3 aliphatic rings. The predicted octanol–water partition coefficient (Wildman–Crippen LogP) is 1.15. The zero-order valence-corrected chi connectivity index (χ0v) is 13.7. The number of likely N-dealkylation sites (tertiary alicyclic amines) is 2. The van der Waals surface area contributed by atoms with Crippen LogP contribution in [-0.2, 0) is 9.53 Å². The molecule has 0 aromatic rings. The topological polar surface area (TPSA) is 70.1 Å². The van der Waals surface area contributed by atoms with E-state index in [-0.39, 0.29) is 17.3 Å². The number of amides is 1. The van der Waals surface area contributed by atoms with E-state index in [1.165, 1.54) is 0 Å². The van der Waals surface area contributed by atoms with E-state index in [2.05, 4.69) is 4.90 Å². The SMILES string of the molecule is CC1=C(N2CCC3(CN(C(=O)OC(C)(C)C)C3)C2)C(O)C1=O. The highest BCUT2D eigenvalue weighted by Gasteiger charge is 2.52. The maximum absolute atomic E-state index is 12.0. The van der Waals surface area contributed by atoms with Gasteiger partial charge in [0.2, 0.25) is 0 Å². The normalized spacial score (nSPS) is 27.1. The lowest BCUT2D eigenvalue weighted by Crippen LogP contribution is -2.60. The van der Waals surface area contributed by atoms with Crippen LogP contribution in [0.5, 0.6) is 0 Å². The van der Waals surface area contributed by atoms with Gasteiger partial charge in [-0.15, -0.1) is 0 Å². The number of Topliss-reactive ketones (excluding diaryl/α,β-unsaturated/α-hetero) is 1. The van der Waals surface area contributed by atoms with Gasteiger partial charge >= 0.3 is 6.09 Å². The van der Waals surface area contributed by atoms with E-state index in [0.29, 0.717) is 18.7 Å². The van der Waals surface area contributed by atoms with Gasteiger partial charge in [-0.05, 0) is 34.1 Å². The van der Waals surface area contributed by atoms with E-state index in [1.54, 1.807) is 11.8 Å². The summed E-state index contributed by atoms with van der Waals surface area (Å²) < 4.78 is 5.38. The first-order valence-electron chi connectivity index (χ1n) is 7.78. The van der Waals surface area contributed by atoms with Crippen LogP contribution in [0.25, 0.3) is 0 Å². The largest absolute Gasteiger partial charge is 0.444 e. The first-order chi connectivity index (χ1) is 10.1. The molecule has 1 N–H and O–H groups in total. The Morgan fingerprint density at radius 2 is 1.95 bits per heavy atom. The van der Waals surface area contributed by atoms with E-state index in [4.69, 9.17) is 4.74 Å². The van der Waals surface area contributed by atoms with Crippen LogP contribution in [0, 0.1) is 5.41 Å². The molecule has 0 aromatic carbocycles. The number of hydrogen-bond donors (Lipinski definition) is 1. The van der Waals surface area contributed by atoms with Crippen LogP contribution in [0.15, 0.2) is 11.3 Å². The number of carbonyl (C=O) groups excluding carboxylic acids is 2. The van der Waals surface area contributed by atoms with Crippen molar-refractivity contribution in [2.24, 2.45) is 5.41 Å². The van der Waals surface area contributed by atoms with Crippen molar-refractivity contribution < 1.29 is 19.4 Å². The Morgan fingerprint density at radius 3 is 2.50 bits per heavy atom. The van der Waals surface area contributed by atoms with Crippen LogP contribution >= 0.6 is 0 Å². The molecule has 6 heteroatoms. The maximum Gasteiger partial charge on any atom is 0.410 e. The summed E-state index contributed by atoms with van der Waals surface area (Å²) in [5.41, 5.74) is 1.06. The summed E-state index contributed by atoms with van der Waals surface area (Å²) in [5.74, 6) is -0.167. The molecule has 22 heavy (non-hydrogen) atoms. The Morgan fingerprint density at radius 1 is 1.32 bits per heavy atom. The highest BCUT2D eigenvalue weighted by atomic mass is 16.6. The zero-order valence-electron chi connectivity index (χ0n) is 13.7. The lowest BCUT2D eigenvalue weighted by atomic mass is 9.79. The monoisotopic (exact) mass is 308 g/mol. The van der Waals surface area contributed by atoms with E-state index in [1.807, 2.05) is 20.8 Å². The van der Waals surface area contributed by atoms with Crippen molar-refractivity contribution in [2.75, 3.05) is 26.2 Å². The molecule has 0 radical (unpaired) electrons. The number of aliphatic hydroxyl groups is 1. The van der Waals surface area contributed by atoms with E-state index in [9.17, 15) is 14.7 Å². The second-order valence-electron chi connectivity index (χ2n) is 7.78. The molecule has 1 aliphatic carbocycles. The summed E-state index contributed by atoms with van der Waals surface area (Å²) in [5, 5.41) is 9.80. The third kappa shape index (κ3) is 2.39. The molecule has 2 aliphatic heterocycles. The molecule has 1 unspecified atom stereocenters. The Kier molecular flexibility index (Phi) is 3.29. The van der Waals surface area contributed by atoms with Crippen LogP contribution in [-0.4, -0.2) is 64.7 Å². The molecule has 1 atom stereocenters. The minimum atomic E-state index is -0.947. The summed E-state index contributed by atoms with van der Waals surface area (Å²) in [4.78, 5) is 27.3. The average molecular weight is 308 g/mol. The van der Waals surface area contributed by atoms with Crippen molar-refractivity contribution in [3.05, 3.63) is 11.3 Å². The Labute approximate surface area is 130 Å². The summed E-state index contributed by atoms with van der Waals surface area (Å²) >= 11 is 0. The Bertz CT molecular complexity index is 555. The third-order valence-electron chi connectivity index (χ3n) is 4.74. The molecular formula is C16H24N2O4. The van der Waals surface area contributed by atoms with Crippen molar-refractivity contribution >= 4 is 11.9 Å². The molecule has 122 valence electrons. The van der Waals surface area contributed by atoms with Crippen LogP contribution < -0.4 is 0 Å². The average Bonchev–Trinajstić information content (AvgIpc) is 2.79. The molecule has 0 aromatic heterocycles. The molecule has 1 spiro atoms. The van der Waals surface area contributed by atoms with Crippen LogP contribution in [0.1, 0.15) is 34.1 Å². The van der Waals surface area contributed by atoms with Crippen molar-refractivity contribution in [3.63, 3.8) is 0 Å². The van der Waals surface area contributed by atoms with E-state index >= 15 is 0 Å². The van der Waals surface area contributed by atoms with Gasteiger partial charge in [0.15, 0.2) is 11.9 Å². The summed E-state index contributed by atoms with van der Waals surface area (Å²) in [6, 6.07) is 0. The van der Waals surface area contributed by atoms with Crippen LogP contribution in [0.4, 0.5) is 4.79 Å². The first-order valence-corrected chi connectivity index (χ1v) is 7.78. The molecule has 3 rings (SSSR count). The lowest BCUT2D eigenvalue weighted by Gasteiger charge is -2.48. The Balaban J connectivity index is 1.57. The predicted molar refractivity (Wildman–Crippen MR) is 80.1 cm³/mol. The van der Waals surface area contributed by atoms with Gasteiger partial charge in [-0.1, -0.05) is 0 Å². The standard InChI is InChI=1S/C16H24N2O4/c1-10-11(13(20)12(10)19)17-6-5-16(7-17)8-18(9-16)14(21)22-15(2,3)4/h13,20H,5-9H2,1-4H3. The summed E-state index contributed by atoms with van der Waals surface area (Å²) in [7, 11) is 0. The molecule has 2 saturated heterocycles. The van der Waals surface area contributed by atoms with Crippen LogP contribution in [0.3, 0.4) is 0 Å². The van der Waals surface area contributed by atoms with Crippen molar-refractivity contribution in [1.82, 2.24) is 9.80 Å². The zero-order chi connectivity index (χ0) is 16.3. The number of nitrogens with zero attached hydrogens (tertiary/aromatic N) is 2. The number of hydrogen-bond acceptors (Lipinski definition) is 5. The van der Waals surface area contributed by atoms with E-state index in [0.717, 1.165) is 25.2 Å². The van der Waals surface area contributed by atoms with Gasteiger partial charge in [-0.3, -0.25) is 4.79 Å². The van der Waals surface area contributed by atoms with Gasteiger partial charge in [0.05, 0.1) is 5.70 Å². The van der Waals surface area contributed by atoms with Gasteiger partial charge in [0.1, 0.15) is 5.60 Å². The van der Waals surface area contributed by atoms with Gasteiger partial charge in [-0.25, -0.2) is 4.79 Å². The lowest BCUT2D eigenvalue weighted by molar-refractivity contribution is -0.125. The second kappa shape index (κ2) is 4.72. The number of rotatable bonds is 1. The maximum atomic E-state index is 12.0. The third-order valence-corrected chi connectivity index (χ3v) is 4.74. The van der Waals surface area contributed by atoms with Gasteiger partial charge in [0, 0.05) is 37.2 Å². The molecule has 1 amide bonds. The van der Waals surface area contributed by atoms with Crippen molar-refractivity contribution in [1.29, 1.82) is 0 Å². The molecule has 6 nitrogen and oxygen atoms in total. The number of ether oxygens (including phenoxy) is 1. The smallest absolute Gasteiger partial charge is 0.410 e. The second-order valence-corrected chi connectivity index (χ2v) is 7.78. The van der Waals surface area contributed by atoms with E-state index < -0.39 is 11.7 Å². The fourth-order valence-corrected chi connectivity index (χ4v) is 3.61. The molecule has 2 heterocycles. The molecule has 0 saturated carbocycles.